The lowest BCUT2D eigenvalue weighted by Gasteiger charge is -2.31. The highest BCUT2D eigenvalue weighted by molar-refractivity contribution is 8.00. The first-order chi connectivity index (χ1) is 9.29. The fourth-order valence-corrected chi connectivity index (χ4v) is 3.27. The summed E-state index contributed by atoms with van der Waals surface area (Å²) in [6, 6.07) is -1.24. The molecule has 1 fully saturated rings. The fourth-order valence-electron chi connectivity index (χ4n) is 1.93. The van der Waals surface area contributed by atoms with E-state index < -0.39 is 18.0 Å². The lowest BCUT2D eigenvalue weighted by atomic mass is 10.2. The number of amides is 3. The van der Waals surface area contributed by atoms with Crippen molar-refractivity contribution < 1.29 is 19.5 Å². The van der Waals surface area contributed by atoms with Gasteiger partial charge < -0.3 is 14.9 Å². The molecule has 1 aliphatic heterocycles. The van der Waals surface area contributed by atoms with Gasteiger partial charge in [0.15, 0.2) is 0 Å². The highest BCUT2D eigenvalue weighted by atomic mass is 32.2. The van der Waals surface area contributed by atoms with E-state index in [4.69, 9.17) is 0 Å². The predicted octanol–water partition coefficient (Wildman–Crippen LogP) is 0.365. The van der Waals surface area contributed by atoms with Gasteiger partial charge in [0, 0.05) is 26.9 Å². The fraction of sp³-hybridized carbons (Fsp3) is 0.750. The van der Waals surface area contributed by atoms with E-state index in [1.165, 1.54) is 33.5 Å². The molecule has 1 heterocycles. The van der Waals surface area contributed by atoms with E-state index in [1.807, 2.05) is 6.92 Å². The van der Waals surface area contributed by atoms with Crippen LogP contribution >= 0.6 is 11.8 Å². The van der Waals surface area contributed by atoms with E-state index in [-0.39, 0.29) is 17.8 Å². The van der Waals surface area contributed by atoms with Crippen molar-refractivity contribution >= 4 is 29.7 Å². The van der Waals surface area contributed by atoms with E-state index in [9.17, 15) is 19.5 Å². The molecule has 0 bridgehead atoms. The number of thioether (sulfide) groups is 1. The lowest BCUT2D eigenvalue weighted by molar-refractivity contribution is -0.141. The number of hydrogen-bond donors (Lipinski definition) is 1. The Kier molecular flexibility index (Phi) is 5.67. The Morgan fingerprint density at radius 2 is 1.90 bits per heavy atom. The van der Waals surface area contributed by atoms with Gasteiger partial charge >= 0.3 is 12.0 Å². The van der Waals surface area contributed by atoms with Crippen LogP contribution in [0.25, 0.3) is 0 Å². The van der Waals surface area contributed by atoms with Gasteiger partial charge in [0.1, 0.15) is 12.6 Å². The molecule has 2 unspecified atom stereocenters. The Morgan fingerprint density at radius 1 is 1.30 bits per heavy atom. The van der Waals surface area contributed by atoms with Crippen molar-refractivity contribution in [2.45, 2.75) is 24.8 Å². The third-order valence-corrected chi connectivity index (χ3v) is 4.60. The van der Waals surface area contributed by atoms with Gasteiger partial charge in [-0.15, -0.1) is 11.8 Å². The highest BCUT2D eigenvalue weighted by Crippen LogP contribution is 2.32. The number of aliphatic carboxylic acids is 1. The molecule has 0 saturated carbocycles. The topological polar surface area (TPSA) is 81.2 Å². The molecule has 0 aliphatic carbocycles. The Morgan fingerprint density at radius 3 is 2.35 bits per heavy atom. The molecule has 3 amide bonds. The Bertz CT molecular complexity index is 402. The number of carboxylic acid groups (broad SMARTS) is 1. The van der Waals surface area contributed by atoms with E-state index in [0.29, 0.717) is 12.2 Å². The van der Waals surface area contributed by atoms with Crippen LogP contribution in [0.15, 0.2) is 0 Å². The van der Waals surface area contributed by atoms with Crippen molar-refractivity contribution in [2.75, 3.05) is 33.4 Å². The van der Waals surface area contributed by atoms with Crippen LogP contribution in [0.3, 0.4) is 0 Å². The van der Waals surface area contributed by atoms with E-state index in [2.05, 4.69) is 0 Å². The van der Waals surface area contributed by atoms with Crippen molar-refractivity contribution in [3.05, 3.63) is 0 Å². The summed E-state index contributed by atoms with van der Waals surface area (Å²) in [7, 11) is 4.74. The number of urea groups is 1. The normalized spacial score (nSPS) is 21.7. The van der Waals surface area contributed by atoms with Crippen LogP contribution in [-0.2, 0) is 9.59 Å². The molecular formula is C12H21N3O4S. The average Bonchev–Trinajstić information content (AvgIpc) is 2.81. The summed E-state index contributed by atoms with van der Waals surface area (Å²) in [4.78, 5) is 39.3. The van der Waals surface area contributed by atoms with Gasteiger partial charge in [-0.3, -0.25) is 9.69 Å². The number of rotatable bonds is 4. The maximum absolute atomic E-state index is 12.4. The molecule has 2 atom stereocenters. The number of nitrogens with zero attached hydrogens (tertiary/aromatic N) is 3. The molecule has 0 aromatic carbocycles. The molecule has 1 aliphatic rings. The van der Waals surface area contributed by atoms with Crippen molar-refractivity contribution in [1.29, 1.82) is 0 Å². The maximum Gasteiger partial charge on any atom is 0.327 e. The van der Waals surface area contributed by atoms with Gasteiger partial charge in [0.05, 0.1) is 5.37 Å². The van der Waals surface area contributed by atoms with E-state index in [1.54, 1.807) is 14.1 Å². The number of hydrogen-bond acceptors (Lipinski definition) is 4. The minimum absolute atomic E-state index is 0.0597. The zero-order chi connectivity index (χ0) is 15.4. The van der Waals surface area contributed by atoms with Crippen LogP contribution in [0.1, 0.15) is 13.3 Å². The molecule has 1 N–H and O–H groups in total. The summed E-state index contributed by atoms with van der Waals surface area (Å²) in [6.07, 6.45) is 0.676. The summed E-state index contributed by atoms with van der Waals surface area (Å²) in [5.41, 5.74) is 0. The van der Waals surface area contributed by atoms with Crippen molar-refractivity contribution in [2.24, 2.45) is 0 Å². The minimum Gasteiger partial charge on any atom is -0.480 e. The zero-order valence-corrected chi connectivity index (χ0v) is 13.0. The van der Waals surface area contributed by atoms with Crippen LogP contribution in [0.5, 0.6) is 0 Å². The first-order valence-corrected chi connectivity index (χ1v) is 7.42. The molecule has 114 valence electrons. The standard InChI is InChI=1S/C12H21N3O4S/c1-5-10-15(8(7-20-10)11(17)18)12(19)14(4)6-9(16)13(2)3/h8,10H,5-7H2,1-4H3,(H,17,18). The van der Waals surface area contributed by atoms with Crippen LogP contribution in [-0.4, -0.2) is 82.6 Å². The van der Waals surface area contributed by atoms with E-state index in [0.717, 1.165) is 0 Å². The smallest absolute Gasteiger partial charge is 0.327 e. The first kappa shape index (κ1) is 16.6. The Hall–Kier alpha value is -1.44. The molecular weight excluding hydrogens is 282 g/mol. The monoisotopic (exact) mass is 303 g/mol. The summed E-state index contributed by atoms with van der Waals surface area (Å²) >= 11 is 1.46. The van der Waals surface area contributed by atoms with Gasteiger partial charge in [-0.25, -0.2) is 9.59 Å². The Balaban J connectivity index is 2.81. The SMILES string of the molecule is CCC1SCC(C(=O)O)N1C(=O)N(C)CC(=O)N(C)C. The van der Waals surface area contributed by atoms with Crippen LogP contribution in [0, 0.1) is 0 Å². The van der Waals surface area contributed by atoms with Crippen LogP contribution in [0.2, 0.25) is 0 Å². The minimum atomic E-state index is -1.01. The highest BCUT2D eigenvalue weighted by Gasteiger charge is 2.42. The third kappa shape index (κ3) is 3.56. The summed E-state index contributed by atoms with van der Waals surface area (Å²) in [6.45, 7) is 1.85. The molecule has 20 heavy (non-hydrogen) atoms. The quantitative estimate of drug-likeness (QED) is 0.811. The summed E-state index contributed by atoms with van der Waals surface area (Å²) < 4.78 is 0. The number of carbonyl (C=O) groups excluding carboxylic acids is 2. The maximum atomic E-state index is 12.4. The van der Waals surface area contributed by atoms with Gasteiger partial charge in [0.2, 0.25) is 5.91 Å². The molecule has 0 radical (unpaired) electrons. The first-order valence-electron chi connectivity index (χ1n) is 6.37. The molecule has 0 aromatic heterocycles. The lowest BCUT2D eigenvalue weighted by Crippen LogP contribution is -2.52. The van der Waals surface area contributed by atoms with Gasteiger partial charge in [-0.1, -0.05) is 6.92 Å². The number of carboxylic acids is 1. The molecule has 8 heteroatoms. The van der Waals surface area contributed by atoms with E-state index >= 15 is 0 Å². The second-order valence-electron chi connectivity index (χ2n) is 4.88. The average molecular weight is 303 g/mol. The summed E-state index contributed by atoms with van der Waals surface area (Å²) in [5, 5.41) is 9.04. The molecule has 0 spiro atoms. The number of carbonyl (C=O) groups is 3. The second-order valence-corrected chi connectivity index (χ2v) is 6.10. The van der Waals surface area contributed by atoms with Gasteiger partial charge in [0.25, 0.3) is 0 Å². The largest absolute Gasteiger partial charge is 0.480 e. The second kappa shape index (κ2) is 6.83. The van der Waals surface area contributed by atoms with Gasteiger partial charge in [-0.05, 0) is 6.42 Å². The predicted molar refractivity (Wildman–Crippen MR) is 76.5 cm³/mol. The van der Waals surface area contributed by atoms with Gasteiger partial charge in [-0.2, -0.15) is 0 Å². The molecule has 0 aromatic rings. The Labute approximate surface area is 122 Å². The van der Waals surface area contributed by atoms with Crippen molar-refractivity contribution in [3.8, 4) is 0 Å². The summed E-state index contributed by atoms with van der Waals surface area (Å²) in [5.74, 6) is -0.823. The molecule has 1 saturated heterocycles. The van der Waals surface area contributed by atoms with Crippen LogP contribution < -0.4 is 0 Å². The molecule has 1 rings (SSSR count). The van der Waals surface area contributed by atoms with Crippen molar-refractivity contribution in [1.82, 2.24) is 14.7 Å². The zero-order valence-electron chi connectivity index (χ0n) is 12.2. The molecule has 7 nitrogen and oxygen atoms in total. The van der Waals surface area contributed by atoms with Crippen molar-refractivity contribution in [3.63, 3.8) is 0 Å². The van der Waals surface area contributed by atoms with Crippen LogP contribution in [0.4, 0.5) is 4.79 Å². The third-order valence-electron chi connectivity index (χ3n) is 3.15. The number of likely N-dealkylation sites (N-methyl/N-ethyl adjacent to an activating group) is 2.